The Morgan fingerprint density at radius 3 is 2.71 bits per heavy atom. The van der Waals surface area contributed by atoms with Gasteiger partial charge in [0.05, 0.1) is 4.90 Å². The molecular weight excluding hydrogens is 314 g/mol. The molecule has 2 rings (SSSR count). The largest absolute Gasteiger partial charge is 0.423 e. The van der Waals surface area contributed by atoms with Gasteiger partial charge in [-0.2, -0.15) is 0 Å². The fraction of sp³-hybridized carbons (Fsp3) is 0.308. The lowest BCUT2D eigenvalue weighted by molar-refractivity contribution is 0.560. The van der Waals surface area contributed by atoms with Crippen LogP contribution in [0.2, 0.25) is 0 Å². The molecule has 1 atom stereocenters. The van der Waals surface area contributed by atoms with Crippen LogP contribution in [0.5, 0.6) is 0 Å². The molecule has 0 saturated heterocycles. The summed E-state index contributed by atoms with van der Waals surface area (Å²) in [6.07, 6.45) is 0. The van der Waals surface area contributed by atoms with E-state index in [1.807, 2.05) is 0 Å². The van der Waals surface area contributed by atoms with Gasteiger partial charge in [-0.15, -0.1) is 0 Å². The van der Waals surface area contributed by atoms with Gasteiger partial charge < -0.3 is 4.42 Å². The second-order valence-corrected chi connectivity index (χ2v) is 7.92. The van der Waals surface area contributed by atoms with Crippen LogP contribution in [0.25, 0.3) is 11.0 Å². The maximum absolute atomic E-state index is 12.1. The molecule has 0 amide bonds. The van der Waals surface area contributed by atoms with Gasteiger partial charge in [0.15, 0.2) is 0 Å². The lowest BCUT2D eigenvalue weighted by Gasteiger charge is -2.07. The molecule has 0 aliphatic heterocycles. The molecule has 0 radical (unpaired) electrons. The molecule has 0 fully saturated rings. The van der Waals surface area contributed by atoms with Crippen molar-refractivity contribution >= 4 is 31.8 Å². The number of fused-ring (bicyclic) bond motifs is 1. The summed E-state index contributed by atoms with van der Waals surface area (Å²) in [4.78, 5) is 11.1. The molecule has 1 heterocycles. The molecule has 114 valence electrons. The molecule has 0 aliphatic carbocycles. The summed E-state index contributed by atoms with van der Waals surface area (Å²) in [5.74, 6) is 0.773. The topological polar surface area (TPSA) is 93.4 Å². The summed E-state index contributed by atoms with van der Waals surface area (Å²) in [6, 6.07) is 6.97. The highest BCUT2D eigenvalue weighted by Crippen LogP contribution is 2.17. The number of sulfonamides is 1. The fourth-order valence-electron chi connectivity index (χ4n) is 1.73. The average Bonchev–Trinajstić information content (AvgIpc) is 2.46. The van der Waals surface area contributed by atoms with Gasteiger partial charge in [-0.05, 0) is 24.3 Å². The summed E-state index contributed by atoms with van der Waals surface area (Å²) in [7, 11) is -4.69. The first kappa shape index (κ1) is 15.9. The van der Waals surface area contributed by atoms with Crippen molar-refractivity contribution in [2.45, 2.75) is 11.8 Å². The Bertz CT molecular complexity index is 826. The highest BCUT2D eigenvalue weighted by atomic mass is 32.2. The number of hydrogen-bond acceptors (Lipinski definition) is 5. The van der Waals surface area contributed by atoms with Gasteiger partial charge in [0.1, 0.15) is 5.58 Å². The van der Waals surface area contributed by atoms with Crippen LogP contribution in [-0.2, 0) is 20.8 Å². The first-order chi connectivity index (χ1) is 9.92. The molecule has 1 N–H and O–H groups in total. The van der Waals surface area contributed by atoms with Gasteiger partial charge in [-0.1, -0.05) is 6.92 Å². The van der Waals surface area contributed by atoms with E-state index in [9.17, 15) is 17.4 Å². The SMILES string of the molecule is CCS(=O)CCNS(=O)(=O)c1ccc2oc(=O)ccc2c1. The van der Waals surface area contributed by atoms with Gasteiger partial charge in [0.2, 0.25) is 10.0 Å². The predicted octanol–water partition coefficient (Wildman–Crippen LogP) is 0.840. The third-order valence-electron chi connectivity index (χ3n) is 2.84. The maximum atomic E-state index is 12.1. The number of hydrogen-bond donors (Lipinski definition) is 1. The van der Waals surface area contributed by atoms with Crippen LogP contribution in [-0.4, -0.2) is 30.7 Å². The molecule has 6 nitrogen and oxygen atoms in total. The Kier molecular flexibility index (Phi) is 4.92. The van der Waals surface area contributed by atoms with Gasteiger partial charge in [0, 0.05) is 40.3 Å². The molecule has 0 spiro atoms. The summed E-state index contributed by atoms with van der Waals surface area (Å²) < 4.78 is 42.8. The minimum atomic E-state index is -3.67. The third kappa shape index (κ3) is 3.99. The number of rotatable bonds is 6. The normalized spacial score (nSPS) is 13.4. The fourth-order valence-corrected chi connectivity index (χ4v) is 3.55. The first-order valence-electron chi connectivity index (χ1n) is 6.31. The molecule has 1 unspecified atom stereocenters. The van der Waals surface area contributed by atoms with Crippen LogP contribution < -0.4 is 10.3 Å². The van der Waals surface area contributed by atoms with Gasteiger partial charge in [-0.25, -0.2) is 17.9 Å². The highest BCUT2D eigenvalue weighted by Gasteiger charge is 2.14. The Labute approximate surface area is 124 Å². The van der Waals surface area contributed by atoms with Crippen LogP contribution in [0, 0.1) is 0 Å². The van der Waals surface area contributed by atoms with E-state index < -0.39 is 26.4 Å². The summed E-state index contributed by atoms with van der Waals surface area (Å²) in [5.41, 5.74) is -0.160. The Hall–Kier alpha value is -1.51. The van der Waals surface area contributed by atoms with Crippen molar-refractivity contribution in [3.63, 3.8) is 0 Å². The van der Waals surface area contributed by atoms with Crippen LogP contribution in [0.3, 0.4) is 0 Å². The van der Waals surface area contributed by atoms with Crippen molar-refractivity contribution in [2.24, 2.45) is 0 Å². The van der Waals surface area contributed by atoms with Crippen LogP contribution >= 0.6 is 0 Å². The molecule has 0 bridgehead atoms. The van der Waals surface area contributed by atoms with Crippen molar-refractivity contribution in [3.8, 4) is 0 Å². The minimum Gasteiger partial charge on any atom is -0.423 e. The van der Waals surface area contributed by atoms with Crippen molar-refractivity contribution in [2.75, 3.05) is 18.1 Å². The van der Waals surface area contributed by atoms with Crippen LogP contribution in [0.1, 0.15) is 6.92 Å². The monoisotopic (exact) mass is 329 g/mol. The third-order valence-corrected chi connectivity index (χ3v) is 5.61. The Morgan fingerprint density at radius 1 is 1.24 bits per heavy atom. The van der Waals surface area contributed by atoms with E-state index in [0.717, 1.165) is 0 Å². The van der Waals surface area contributed by atoms with Crippen molar-refractivity contribution < 1.29 is 17.0 Å². The molecular formula is C13H15NO5S2. The zero-order chi connectivity index (χ0) is 15.5. The zero-order valence-electron chi connectivity index (χ0n) is 11.4. The molecule has 21 heavy (non-hydrogen) atoms. The van der Waals surface area contributed by atoms with Crippen LogP contribution in [0.15, 0.2) is 44.4 Å². The summed E-state index contributed by atoms with van der Waals surface area (Å²) >= 11 is 0. The van der Waals surface area contributed by atoms with Crippen molar-refractivity contribution in [1.29, 1.82) is 0 Å². The zero-order valence-corrected chi connectivity index (χ0v) is 13.0. The van der Waals surface area contributed by atoms with Gasteiger partial charge in [-0.3, -0.25) is 4.21 Å². The van der Waals surface area contributed by atoms with Crippen LogP contribution in [0.4, 0.5) is 0 Å². The van der Waals surface area contributed by atoms with Crippen molar-refractivity contribution in [3.05, 3.63) is 40.8 Å². The maximum Gasteiger partial charge on any atom is 0.336 e. The quantitative estimate of drug-likeness (QED) is 0.793. The van der Waals surface area contributed by atoms with Gasteiger partial charge in [0.25, 0.3) is 0 Å². The van der Waals surface area contributed by atoms with Crippen molar-refractivity contribution in [1.82, 2.24) is 4.72 Å². The van der Waals surface area contributed by atoms with Gasteiger partial charge >= 0.3 is 5.63 Å². The predicted molar refractivity (Wildman–Crippen MR) is 81.2 cm³/mol. The van der Waals surface area contributed by atoms with E-state index in [1.165, 1.54) is 30.3 Å². The van der Waals surface area contributed by atoms with E-state index in [-0.39, 0.29) is 17.2 Å². The lowest BCUT2D eigenvalue weighted by Crippen LogP contribution is -2.28. The summed E-state index contributed by atoms with van der Waals surface area (Å²) in [5, 5.41) is 0.523. The molecule has 1 aromatic heterocycles. The molecule has 0 saturated carbocycles. The first-order valence-corrected chi connectivity index (χ1v) is 9.28. The second kappa shape index (κ2) is 6.50. The number of nitrogens with one attached hydrogen (secondary N) is 1. The van der Waals surface area contributed by atoms with E-state index in [2.05, 4.69) is 4.72 Å². The minimum absolute atomic E-state index is 0.0751. The molecule has 2 aromatic rings. The average molecular weight is 329 g/mol. The van der Waals surface area contributed by atoms with E-state index in [0.29, 0.717) is 16.7 Å². The molecule has 1 aromatic carbocycles. The Morgan fingerprint density at radius 2 is 2.00 bits per heavy atom. The second-order valence-electron chi connectivity index (χ2n) is 4.28. The van der Waals surface area contributed by atoms with E-state index in [1.54, 1.807) is 6.92 Å². The Balaban J connectivity index is 2.22. The van der Waals surface area contributed by atoms with E-state index in [4.69, 9.17) is 4.42 Å². The summed E-state index contributed by atoms with van der Waals surface area (Å²) in [6.45, 7) is 1.90. The highest BCUT2D eigenvalue weighted by molar-refractivity contribution is 7.89. The lowest BCUT2D eigenvalue weighted by atomic mass is 10.2. The smallest absolute Gasteiger partial charge is 0.336 e. The molecule has 8 heteroatoms. The standard InChI is InChI=1S/C13H15NO5S2/c1-2-20(16)8-7-14-21(17,18)11-4-5-12-10(9-11)3-6-13(15)19-12/h3-6,9,14H,2,7-8H2,1H3. The number of benzene rings is 1. The van der Waals surface area contributed by atoms with E-state index >= 15 is 0 Å². The molecule has 0 aliphatic rings.